The molecule has 21 heavy (non-hydrogen) atoms. The van der Waals surface area contributed by atoms with E-state index in [0.29, 0.717) is 15.2 Å². The molecular formula is C12H13BrClN5O2. The highest BCUT2D eigenvalue weighted by Gasteiger charge is 2.19. The first-order chi connectivity index (χ1) is 10.0. The summed E-state index contributed by atoms with van der Waals surface area (Å²) < 4.78 is 1.75. The van der Waals surface area contributed by atoms with E-state index in [1.54, 1.807) is 12.1 Å². The highest BCUT2D eigenvalue weighted by atomic mass is 79.9. The number of nitro groups is 1. The first kappa shape index (κ1) is 15.7. The molecule has 0 bridgehead atoms. The van der Waals surface area contributed by atoms with Gasteiger partial charge in [0.2, 0.25) is 0 Å². The van der Waals surface area contributed by atoms with Gasteiger partial charge in [-0.2, -0.15) is 4.68 Å². The van der Waals surface area contributed by atoms with Crippen LogP contribution in [0, 0.1) is 10.1 Å². The fourth-order valence-electron chi connectivity index (χ4n) is 1.69. The van der Waals surface area contributed by atoms with Crippen LogP contribution in [0.5, 0.6) is 0 Å². The standard InChI is InChI=1S/C12H13BrClN5O2/c1-2-5-15-11-4-3-9(14)10(16-11)7-18-6-8(13)12(17-18)19(20)21/h3-4,6H,2,5,7H2,1H3,(H,15,16). The topological polar surface area (TPSA) is 85.9 Å². The van der Waals surface area contributed by atoms with Crippen LogP contribution in [-0.4, -0.2) is 26.2 Å². The van der Waals surface area contributed by atoms with Gasteiger partial charge in [-0.25, -0.2) is 4.98 Å². The number of nitrogens with zero attached hydrogens (tertiary/aromatic N) is 4. The van der Waals surface area contributed by atoms with Crippen molar-refractivity contribution in [3.8, 4) is 0 Å². The zero-order valence-electron chi connectivity index (χ0n) is 11.2. The average molecular weight is 375 g/mol. The molecule has 0 unspecified atom stereocenters. The van der Waals surface area contributed by atoms with Crippen molar-refractivity contribution in [2.75, 3.05) is 11.9 Å². The summed E-state index contributed by atoms with van der Waals surface area (Å²) in [5.74, 6) is 0.489. The Balaban J connectivity index is 2.22. The predicted octanol–water partition coefficient (Wildman–Crippen LogP) is 3.47. The number of nitrogens with one attached hydrogen (secondary N) is 1. The number of hydrogen-bond acceptors (Lipinski definition) is 5. The van der Waals surface area contributed by atoms with Gasteiger partial charge >= 0.3 is 5.82 Å². The van der Waals surface area contributed by atoms with Crippen molar-refractivity contribution in [3.05, 3.63) is 43.6 Å². The molecular weight excluding hydrogens is 362 g/mol. The van der Waals surface area contributed by atoms with Gasteiger partial charge in [-0.15, -0.1) is 0 Å². The van der Waals surface area contributed by atoms with Crippen molar-refractivity contribution < 1.29 is 4.92 Å². The summed E-state index contributed by atoms with van der Waals surface area (Å²) in [4.78, 5) is 14.6. The van der Waals surface area contributed by atoms with Crippen molar-refractivity contribution in [3.63, 3.8) is 0 Å². The van der Waals surface area contributed by atoms with Gasteiger partial charge in [0.25, 0.3) is 0 Å². The van der Waals surface area contributed by atoms with E-state index in [0.717, 1.165) is 18.8 Å². The highest BCUT2D eigenvalue weighted by molar-refractivity contribution is 9.10. The molecule has 2 heterocycles. The lowest BCUT2D eigenvalue weighted by Crippen LogP contribution is -2.07. The van der Waals surface area contributed by atoms with Crippen LogP contribution in [0.1, 0.15) is 19.0 Å². The molecule has 0 saturated carbocycles. The Morgan fingerprint density at radius 1 is 1.52 bits per heavy atom. The summed E-state index contributed by atoms with van der Waals surface area (Å²) >= 11 is 9.22. The molecule has 0 fully saturated rings. The number of halogens is 2. The number of anilines is 1. The molecule has 1 N–H and O–H groups in total. The molecule has 0 aromatic carbocycles. The lowest BCUT2D eigenvalue weighted by Gasteiger charge is -2.07. The van der Waals surface area contributed by atoms with Gasteiger partial charge in [-0.05, 0) is 39.4 Å². The van der Waals surface area contributed by atoms with Gasteiger partial charge in [0.15, 0.2) is 0 Å². The number of pyridine rings is 1. The van der Waals surface area contributed by atoms with Crippen LogP contribution in [0.15, 0.2) is 22.8 Å². The van der Waals surface area contributed by atoms with Crippen molar-refractivity contribution in [1.29, 1.82) is 0 Å². The normalized spacial score (nSPS) is 10.6. The molecule has 9 heteroatoms. The molecule has 0 spiro atoms. The highest BCUT2D eigenvalue weighted by Crippen LogP contribution is 2.24. The van der Waals surface area contributed by atoms with E-state index < -0.39 is 4.92 Å². The Kier molecular flexibility index (Phi) is 5.13. The van der Waals surface area contributed by atoms with Crippen LogP contribution in [0.2, 0.25) is 5.02 Å². The van der Waals surface area contributed by atoms with Crippen molar-refractivity contribution in [2.45, 2.75) is 19.9 Å². The van der Waals surface area contributed by atoms with E-state index in [1.165, 1.54) is 10.9 Å². The van der Waals surface area contributed by atoms with Crippen LogP contribution in [0.25, 0.3) is 0 Å². The largest absolute Gasteiger partial charge is 0.404 e. The molecule has 0 aliphatic rings. The second-order valence-corrected chi connectivity index (χ2v) is 5.57. The van der Waals surface area contributed by atoms with Gasteiger partial charge in [-0.3, -0.25) is 0 Å². The maximum atomic E-state index is 10.8. The van der Waals surface area contributed by atoms with E-state index in [1.807, 2.05) is 0 Å². The molecule has 2 aromatic rings. The lowest BCUT2D eigenvalue weighted by molar-refractivity contribution is -0.390. The second kappa shape index (κ2) is 6.86. The third-order valence-electron chi connectivity index (χ3n) is 2.66. The molecule has 0 radical (unpaired) electrons. The van der Waals surface area contributed by atoms with Crippen molar-refractivity contribution in [2.24, 2.45) is 0 Å². The summed E-state index contributed by atoms with van der Waals surface area (Å²) in [5, 5.41) is 18.3. The summed E-state index contributed by atoms with van der Waals surface area (Å²) in [6.45, 7) is 3.13. The number of aromatic nitrogens is 3. The molecule has 112 valence electrons. The summed E-state index contributed by atoms with van der Waals surface area (Å²) in [6, 6.07) is 3.54. The predicted molar refractivity (Wildman–Crippen MR) is 83.7 cm³/mol. The van der Waals surface area contributed by atoms with Gasteiger partial charge < -0.3 is 15.4 Å². The summed E-state index contributed by atoms with van der Waals surface area (Å²) in [7, 11) is 0. The quantitative estimate of drug-likeness (QED) is 0.618. The van der Waals surface area contributed by atoms with E-state index in [4.69, 9.17) is 11.6 Å². The maximum absolute atomic E-state index is 10.8. The summed E-state index contributed by atoms with van der Waals surface area (Å²) in [5.41, 5.74) is 0.600. The molecule has 0 aliphatic heterocycles. The Labute approximate surface area is 134 Å². The zero-order valence-corrected chi connectivity index (χ0v) is 13.6. The van der Waals surface area contributed by atoms with Crippen LogP contribution < -0.4 is 5.32 Å². The average Bonchev–Trinajstić information content (AvgIpc) is 2.80. The number of hydrogen-bond donors (Lipinski definition) is 1. The smallest absolute Gasteiger partial charge is 0.370 e. The van der Waals surface area contributed by atoms with Crippen molar-refractivity contribution >= 4 is 39.2 Å². The second-order valence-electron chi connectivity index (χ2n) is 4.31. The Morgan fingerprint density at radius 3 is 2.90 bits per heavy atom. The van der Waals surface area contributed by atoms with Crippen LogP contribution in [0.4, 0.5) is 11.6 Å². The van der Waals surface area contributed by atoms with E-state index in [2.05, 4.69) is 38.3 Å². The zero-order chi connectivity index (χ0) is 15.4. The minimum absolute atomic E-state index is 0.230. The van der Waals surface area contributed by atoms with Gasteiger partial charge in [0.05, 0.1) is 22.0 Å². The van der Waals surface area contributed by atoms with E-state index in [-0.39, 0.29) is 12.4 Å². The molecule has 0 saturated heterocycles. The van der Waals surface area contributed by atoms with Crippen molar-refractivity contribution in [1.82, 2.24) is 14.8 Å². The third-order valence-corrected chi connectivity index (χ3v) is 3.56. The van der Waals surface area contributed by atoms with Crippen LogP contribution in [0.3, 0.4) is 0 Å². The SMILES string of the molecule is CCCNc1ccc(Cl)c(Cn2cc(Br)c([N+](=O)[O-])n2)n1. The Hall–Kier alpha value is -1.67. The number of rotatable bonds is 6. The van der Waals surface area contributed by atoms with Crippen LogP contribution >= 0.6 is 27.5 Å². The van der Waals surface area contributed by atoms with Gasteiger partial charge in [0.1, 0.15) is 16.8 Å². The Bertz CT molecular complexity index is 661. The third kappa shape index (κ3) is 3.92. The van der Waals surface area contributed by atoms with Gasteiger partial charge in [0, 0.05) is 6.54 Å². The van der Waals surface area contributed by atoms with Gasteiger partial charge in [-0.1, -0.05) is 18.5 Å². The molecule has 2 rings (SSSR count). The maximum Gasteiger partial charge on any atom is 0.404 e. The molecule has 0 aliphatic carbocycles. The monoisotopic (exact) mass is 373 g/mol. The first-order valence-electron chi connectivity index (χ1n) is 6.28. The summed E-state index contributed by atoms with van der Waals surface area (Å²) in [6.07, 6.45) is 2.51. The van der Waals surface area contributed by atoms with Crippen LogP contribution in [-0.2, 0) is 6.54 Å². The molecule has 7 nitrogen and oxygen atoms in total. The van der Waals surface area contributed by atoms with E-state index in [9.17, 15) is 10.1 Å². The fourth-order valence-corrected chi connectivity index (χ4v) is 2.32. The minimum Gasteiger partial charge on any atom is -0.370 e. The van der Waals surface area contributed by atoms with E-state index >= 15 is 0 Å². The minimum atomic E-state index is -0.547. The lowest BCUT2D eigenvalue weighted by atomic mass is 10.3. The molecule has 0 amide bonds. The first-order valence-corrected chi connectivity index (χ1v) is 7.45. The molecule has 0 atom stereocenters. The Morgan fingerprint density at radius 2 is 2.29 bits per heavy atom. The molecule has 2 aromatic heterocycles. The fraction of sp³-hybridized carbons (Fsp3) is 0.333.